The van der Waals surface area contributed by atoms with Crippen LogP contribution in [0.1, 0.15) is 12.5 Å². The molecule has 2 heteroatoms. The first-order valence-corrected chi connectivity index (χ1v) is 4.59. The molecule has 0 fully saturated rings. The summed E-state index contributed by atoms with van der Waals surface area (Å²) in [7, 11) is 0. The molecule has 1 rings (SSSR count). The molecule has 0 saturated heterocycles. The minimum Gasteiger partial charge on any atom is -0.309 e. The van der Waals surface area contributed by atoms with Crippen LogP contribution >= 0.6 is 11.3 Å². The Kier molecular flexibility index (Phi) is 3.33. The summed E-state index contributed by atoms with van der Waals surface area (Å²) in [5, 5.41) is 7.55. The third-order valence-corrected chi connectivity index (χ3v) is 2.07. The highest BCUT2D eigenvalue weighted by molar-refractivity contribution is 7.07. The van der Waals surface area contributed by atoms with Gasteiger partial charge in [-0.1, -0.05) is 12.2 Å². The van der Waals surface area contributed by atoms with Gasteiger partial charge in [-0.25, -0.2) is 0 Å². The average molecular weight is 167 g/mol. The smallest absolute Gasteiger partial charge is 0.0216 e. The SMILES string of the molecule is C=C(C)CNCc1ccsc1. The number of rotatable bonds is 4. The van der Waals surface area contributed by atoms with Gasteiger partial charge in [-0.3, -0.25) is 0 Å². The maximum Gasteiger partial charge on any atom is 0.0216 e. The first-order valence-electron chi connectivity index (χ1n) is 3.65. The Balaban J connectivity index is 2.19. The molecule has 11 heavy (non-hydrogen) atoms. The number of hydrogen-bond acceptors (Lipinski definition) is 2. The highest BCUT2D eigenvalue weighted by atomic mass is 32.1. The summed E-state index contributed by atoms with van der Waals surface area (Å²) in [5.74, 6) is 0. The third-order valence-electron chi connectivity index (χ3n) is 1.34. The summed E-state index contributed by atoms with van der Waals surface area (Å²) < 4.78 is 0. The van der Waals surface area contributed by atoms with E-state index in [0.717, 1.165) is 13.1 Å². The second kappa shape index (κ2) is 4.31. The van der Waals surface area contributed by atoms with E-state index in [1.54, 1.807) is 11.3 Å². The average Bonchev–Trinajstić information content (AvgIpc) is 2.39. The van der Waals surface area contributed by atoms with Crippen molar-refractivity contribution in [2.24, 2.45) is 0 Å². The Hall–Kier alpha value is -0.600. The molecular formula is C9H13NS. The molecule has 60 valence electrons. The van der Waals surface area contributed by atoms with Crippen LogP contribution in [0, 0.1) is 0 Å². The summed E-state index contributed by atoms with van der Waals surface area (Å²) >= 11 is 1.74. The van der Waals surface area contributed by atoms with Crippen molar-refractivity contribution in [1.82, 2.24) is 5.32 Å². The molecule has 1 aromatic rings. The molecule has 0 aliphatic heterocycles. The largest absolute Gasteiger partial charge is 0.309 e. The van der Waals surface area contributed by atoms with Crippen LogP contribution < -0.4 is 5.32 Å². The zero-order valence-electron chi connectivity index (χ0n) is 6.76. The van der Waals surface area contributed by atoms with Gasteiger partial charge in [0.05, 0.1) is 0 Å². The van der Waals surface area contributed by atoms with Crippen molar-refractivity contribution in [2.75, 3.05) is 6.54 Å². The van der Waals surface area contributed by atoms with Crippen LogP contribution in [0.15, 0.2) is 29.0 Å². The zero-order valence-corrected chi connectivity index (χ0v) is 7.58. The fourth-order valence-electron chi connectivity index (χ4n) is 0.813. The molecular weight excluding hydrogens is 154 g/mol. The van der Waals surface area contributed by atoms with E-state index in [1.165, 1.54) is 11.1 Å². The van der Waals surface area contributed by atoms with Gasteiger partial charge in [0.1, 0.15) is 0 Å². The molecule has 0 amide bonds. The van der Waals surface area contributed by atoms with Crippen LogP contribution in [0.3, 0.4) is 0 Å². The molecule has 0 spiro atoms. The van der Waals surface area contributed by atoms with E-state index < -0.39 is 0 Å². The Labute approximate surface area is 71.8 Å². The van der Waals surface area contributed by atoms with Gasteiger partial charge in [-0.2, -0.15) is 11.3 Å². The van der Waals surface area contributed by atoms with Gasteiger partial charge in [0.25, 0.3) is 0 Å². The Morgan fingerprint density at radius 2 is 2.55 bits per heavy atom. The maximum absolute atomic E-state index is 3.81. The van der Waals surface area contributed by atoms with Crippen LogP contribution in [0.25, 0.3) is 0 Å². The van der Waals surface area contributed by atoms with Crippen LogP contribution in [-0.4, -0.2) is 6.54 Å². The molecule has 0 bridgehead atoms. The topological polar surface area (TPSA) is 12.0 Å². The molecule has 1 heterocycles. The van der Waals surface area contributed by atoms with Crippen molar-refractivity contribution in [3.63, 3.8) is 0 Å². The molecule has 0 unspecified atom stereocenters. The molecule has 0 aliphatic rings. The Bertz CT molecular complexity index is 213. The van der Waals surface area contributed by atoms with Crippen LogP contribution in [0.5, 0.6) is 0 Å². The predicted octanol–water partition coefficient (Wildman–Crippen LogP) is 2.41. The van der Waals surface area contributed by atoms with Crippen molar-refractivity contribution in [3.05, 3.63) is 34.5 Å². The van der Waals surface area contributed by atoms with Gasteiger partial charge in [-0.15, -0.1) is 0 Å². The molecule has 0 atom stereocenters. The normalized spacial score (nSPS) is 9.91. The predicted molar refractivity (Wildman–Crippen MR) is 50.8 cm³/mol. The number of thiophene rings is 1. The minimum atomic E-state index is 0.913. The third kappa shape index (κ3) is 3.35. The van der Waals surface area contributed by atoms with Crippen molar-refractivity contribution in [2.45, 2.75) is 13.5 Å². The molecule has 0 saturated carbocycles. The zero-order chi connectivity index (χ0) is 8.10. The van der Waals surface area contributed by atoms with Crippen LogP contribution in [-0.2, 0) is 6.54 Å². The van der Waals surface area contributed by atoms with Crippen LogP contribution in [0.4, 0.5) is 0 Å². The molecule has 0 aliphatic carbocycles. The highest BCUT2D eigenvalue weighted by Gasteiger charge is 1.90. The van der Waals surface area contributed by atoms with Crippen molar-refractivity contribution < 1.29 is 0 Å². The van der Waals surface area contributed by atoms with Gasteiger partial charge in [-0.05, 0) is 29.3 Å². The maximum atomic E-state index is 3.81. The van der Waals surface area contributed by atoms with E-state index in [2.05, 4.69) is 28.7 Å². The molecule has 1 nitrogen and oxygen atoms in total. The fraction of sp³-hybridized carbons (Fsp3) is 0.333. The van der Waals surface area contributed by atoms with E-state index in [-0.39, 0.29) is 0 Å². The summed E-state index contributed by atoms with van der Waals surface area (Å²) in [6, 6.07) is 2.14. The summed E-state index contributed by atoms with van der Waals surface area (Å²) in [5.41, 5.74) is 2.54. The molecule has 1 aromatic heterocycles. The lowest BCUT2D eigenvalue weighted by Gasteiger charge is -2.00. The minimum absolute atomic E-state index is 0.913. The Morgan fingerprint density at radius 1 is 1.73 bits per heavy atom. The van der Waals surface area contributed by atoms with Crippen molar-refractivity contribution >= 4 is 11.3 Å². The van der Waals surface area contributed by atoms with Gasteiger partial charge in [0, 0.05) is 13.1 Å². The van der Waals surface area contributed by atoms with Gasteiger partial charge >= 0.3 is 0 Å². The lowest BCUT2D eigenvalue weighted by atomic mass is 10.3. The van der Waals surface area contributed by atoms with E-state index >= 15 is 0 Å². The van der Waals surface area contributed by atoms with Crippen LogP contribution in [0.2, 0.25) is 0 Å². The van der Waals surface area contributed by atoms with E-state index in [4.69, 9.17) is 0 Å². The molecule has 1 N–H and O–H groups in total. The lowest BCUT2D eigenvalue weighted by Crippen LogP contribution is -2.14. The monoisotopic (exact) mass is 167 g/mol. The summed E-state index contributed by atoms with van der Waals surface area (Å²) in [6.07, 6.45) is 0. The highest BCUT2D eigenvalue weighted by Crippen LogP contribution is 2.04. The number of hydrogen-bond donors (Lipinski definition) is 1. The first kappa shape index (κ1) is 8.50. The number of nitrogens with one attached hydrogen (secondary N) is 1. The standard InChI is InChI=1S/C9H13NS/c1-8(2)5-10-6-9-3-4-11-7-9/h3-4,7,10H,1,5-6H2,2H3. The van der Waals surface area contributed by atoms with Crippen molar-refractivity contribution in [3.8, 4) is 0 Å². The fourth-order valence-corrected chi connectivity index (χ4v) is 1.48. The van der Waals surface area contributed by atoms with Gasteiger partial charge < -0.3 is 5.32 Å². The van der Waals surface area contributed by atoms with Gasteiger partial charge in [0.2, 0.25) is 0 Å². The van der Waals surface area contributed by atoms with Gasteiger partial charge in [0.15, 0.2) is 0 Å². The van der Waals surface area contributed by atoms with Crippen molar-refractivity contribution in [1.29, 1.82) is 0 Å². The van der Waals surface area contributed by atoms with E-state index in [0.29, 0.717) is 0 Å². The quantitative estimate of drug-likeness (QED) is 0.679. The summed E-state index contributed by atoms with van der Waals surface area (Å²) in [4.78, 5) is 0. The second-order valence-electron chi connectivity index (χ2n) is 2.69. The second-order valence-corrected chi connectivity index (χ2v) is 3.47. The first-order chi connectivity index (χ1) is 5.29. The lowest BCUT2D eigenvalue weighted by molar-refractivity contribution is 0.743. The molecule has 0 aromatic carbocycles. The van der Waals surface area contributed by atoms with E-state index in [1.807, 2.05) is 6.92 Å². The Morgan fingerprint density at radius 3 is 3.09 bits per heavy atom. The molecule has 0 radical (unpaired) electrons. The summed E-state index contributed by atoms with van der Waals surface area (Å²) in [6.45, 7) is 7.71. The van der Waals surface area contributed by atoms with E-state index in [9.17, 15) is 0 Å².